The Morgan fingerprint density at radius 1 is 1.07 bits per heavy atom. The van der Waals surface area contributed by atoms with E-state index < -0.39 is 16.9 Å². The molecule has 3 rings (SSSR count). The van der Waals surface area contributed by atoms with E-state index in [9.17, 15) is 19.7 Å². The van der Waals surface area contributed by atoms with Crippen molar-refractivity contribution < 1.29 is 14.5 Å². The first kappa shape index (κ1) is 19.1. The Kier molecular flexibility index (Phi) is 5.12. The van der Waals surface area contributed by atoms with Crippen molar-refractivity contribution in [3.63, 3.8) is 0 Å². The topological polar surface area (TPSA) is 95.8 Å². The number of allylic oxidation sites excluding steroid dienone is 1. The minimum absolute atomic E-state index is 0.144. The van der Waals surface area contributed by atoms with E-state index in [-0.39, 0.29) is 22.9 Å². The third-order valence-electron chi connectivity index (χ3n) is 4.85. The number of hydrogen-bond acceptors (Lipinski definition) is 4. The summed E-state index contributed by atoms with van der Waals surface area (Å²) in [6.07, 6.45) is 0. The van der Waals surface area contributed by atoms with Gasteiger partial charge in [-0.2, -0.15) is 0 Å². The van der Waals surface area contributed by atoms with E-state index in [0.717, 1.165) is 0 Å². The molecule has 2 aromatic rings. The van der Waals surface area contributed by atoms with Crippen molar-refractivity contribution in [2.24, 2.45) is 0 Å². The second-order valence-corrected chi connectivity index (χ2v) is 6.49. The van der Waals surface area contributed by atoms with Gasteiger partial charge in [0.05, 0.1) is 22.1 Å². The number of amides is 3. The summed E-state index contributed by atoms with van der Waals surface area (Å²) in [5, 5.41) is 14.4. The van der Waals surface area contributed by atoms with E-state index in [1.54, 1.807) is 56.4 Å². The van der Waals surface area contributed by atoms with E-state index in [2.05, 4.69) is 5.32 Å². The first-order valence-corrected chi connectivity index (χ1v) is 8.64. The lowest BCUT2D eigenvalue weighted by Gasteiger charge is -2.39. The van der Waals surface area contributed by atoms with Crippen LogP contribution in [-0.4, -0.2) is 40.8 Å². The normalized spacial score (nSPS) is 17.0. The third kappa shape index (κ3) is 3.32. The molecule has 0 aromatic heterocycles. The number of rotatable bonds is 4. The highest BCUT2D eigenvalue weighted by Gasteiger charge is 2.41. The lowest BCUT2D eigenvalue weighted by atomic mass is 9.92. The maximum atomic E-state index is 13.1. The summed E-state index contributed by atoms with van der Waals surface area (Å²) >= 11 is 0. The smallest absolute Gasteiger partial charge is 0.322 e. The zero-order valence-corrected chi connectivity index (χ0v) is 15.7. The standard InChI is InChI=1S/C20H20N4O4/c1-13-17(19(25)21-14-9-5-4-6-10-14)18(23(3)20(26)22(13)2)15-11-7-8-12-16(15)24(27)28/h4-12,18H,1-3H3,(H,21,25). The number of urea groups is 1. The average molecular weight is 380 g/mol. The monoisotopic (exact) mass is 380 g/mol. The van der Waals surface area contributed by atoms with Crippen LogP contribution in [0.3, 0.4) is 0 Å². The minimum atomic E-state index is -0.881. The number of anilines is 1. The lowest BCUT2D eigenvalue weighted by Crippen LogP contribution is -2.47. The van der Waals surface area contributed by atoms with Crippen LogP contribution in [0.1, 0.15) is 18.5 Å². The number of nitro groups is 1. The summed E-state index contributed by atoms with van der Waals surface area (Å²) in [5.41, 5.74) is 1.46. The number of likely N-dealkylation sites (N-methyl/N-ethyl adjacent to an activating group) is 1. The molecule has 144 valence electrons. The number of nitro benzene ring substituents is 1. The fourth-order valence-corrected chi connectivity index (χ4v) is 3.32. The number of nitrogens with zero attached hydrogens (tertiary/aromatic N) is 3. The Morgan fingerprint density at radius 3 is 2.32 bits per heavy atom. The predicted octanol–water partition coefficient (Wildman–Crippen LogP) is 3.55. The molecule has 1 aliphatic heterocycles. The van der Waals surface area contributed by atoms with E-state index in [0.29, 0.717) is 11.4 Å². The van der Waals surface area contributed by atoms with E-state index >= 15 is 0 Å². The molecule has 28 heavy (non-hydrogen) atoms. The molecular formula is C20H20N4O4. The fourth-order valence-electron chi connectivity index (χ4n) is 3.32. The fraction of sp³-hybridized carbons (Fsp3) is 0.200. The highest BCUT2D eigenvalue weighted by molar-refractivity contribution is 6.06. The van der Waals surface area contributed by atoms with Gasteiger partial charge in [-0.3, -0.25) is 14.9 Å². The summed E-state index contributed by atoms with van der Waals surface area (Å²) < 4.78 is 0. The van der Waals surface area contributed by atoms with Crippen LogP contribution in [0, 0.1) is 10.1 Å². The highest BCUT2D eigenvalue weighted by Crippen LogP contribution is 2.39. The van der Waals surface area contributed by atoms with Crippen LogP contribution < -0.4 is 5.32 Å². The molecule has 1 aliphatic rings. The number of benzene rings is 2. The summed E-state index contributed by atoms with van der Waals surface area (Å²) in [6.45, 7) is 1.66. The van der Waals surface area contributed by atoms with Crippen molar-refractivity contribution >= 4 is 23.3 Å². The van der Waals surface area contributed by atoms with Crippen molar-refractivity contribution in [3.05, 3.63) is 81.5 Å². The molecule has 0 spiro atoms. The Hall–Kier alpha value is -3.68. The van der Waals surface area contributed by atoms with Gasteiger partial charge in [0.15, 0.2) is 0 Å². The van der Waals surface area contributed by atoms with Gasteiger partial charge < -0.3 is 15.1 Å². The SMILES string of the molecule is CC1=C(C(=O)Nc2ccccc2)C(c2ccccc2[N+](=O)[O-])N(C)C(=O)N1C. The van der Waals surface area contributed by atoms with E-state index in [1.807, 2.05) is 6.07 Å². The van der Waals surface area contributed by atoms with Crippen molar-refractivity contribution in [3.8, 4) is 0 Å². The third-order valence-corrected chi connectivity index (χ3v) is 4.85. The Bertz CT molecular complexity index is 971. The zero-order chi connectivity index (χ0) is 20.4. The molecule has 1 unspecified atom stereocenters. The zero-order valence-electron chi connectivity index (χ0n) is 15.7. The molecule has 0 aliphatic carbocycles. The molecule has 8 nitrogen and oxygen atoms in total. The van der Waals surface area contributed by atoms with Gasteiger partial charge in [0.25, 0.3) is 11.6 Å². The molecule has 0 saturated heterocycles. The van der Waals surface area contributed by atoms with Gasteiger partial charge >= 0.3 is 6.03 Å². The molecule has 0 fully saturated rings. The first-order valence-electron chi connectivity index (χ1n) is 8.64. The van der Waals surface area contributed by atoms with Crippen molar-refractivity contribution in [1.82, 2.24) is 9.80 Å². The average Bonchev–Trinajstić information content (AvgIpc) is 2.69. The molecular weight excluding hydrogens is 360 g/mol. The summed E-state index contributed by atoms with van der Waals surface area (Å²) in [5.74, 6) is -0.418. The lowest BCUT2D eigenvalue weighted by molar-refractivity contribution is -0.385. The number of hydrogen-bond donors (Lipinski definition) is 1. The second-order valence-electron chi connectivity index (χ2n) is 6.49. The van der Waals surface area contributed by atoms with Gasteiger partial charge in [-0.15, -0.1) is 0 Å². The maximum Gasteiger partial charge on any atom is 0.324 e. The first-order chi connectivity index (χ1) is 13.3. The van der Waals surface area contributed by atoms with Crippen LogP contribution in [-0.2, 0) is 4.79 Å². The Morgan fingerprint density at radius 2 is 1.68 bits per heavy atom. The number of carbonyl (C=O) groups excluding carboxylic acids is 2. The molecule has 1 atom stereocenters. The molecule has 0 radical (unpaired) electrons. The van der Waals surface area contributed by atoms with E-state index in [1.165, 1.54) is 22.9 Å². The molecule has 2 aromatic carbocycles. The quantitative estimate of drug-likeness (QED) is 0.648. The van der Waals surface area contributed by atoms with Crippen LogP contribution in [0.2, 0.25) is 0 Å². The maximum absolute atomic E-state index is 13.1. The molecule has 0 bridgehead atoms. The van der Waals surface area contributed by atoms with Gasteiger partial charge in [0.1, 0.15) is 0 Å². The summed E-state index contributed by atoms with van der Waals surface area (Å²) in [4.78, 5) is 39.5. The van der Waals surface area contributed by atoms with Gasteiger partial charge in [-0.25, -0.2) is 4.79 Å². The van der Waals surface area contributed by atoms with Gasteiger partial charge in [0, 0.05) is 31.5 Å². The highest BCUT2D eigenvalue weighted by atomic mass is 16.6. The van der Waals surface area contributed by atoms with Crippen LogP contribution in [0.4, 0.5) is 16.2 Å². The molecule has 0 saturated carbocycles. The number of carbonyl (C=O) groups is 2. The largest absolute Gasteiger partial charge is 0.324 e. The van der Waals surface area contributed by atoms with Crippen LogP contribution >= 0.6 is 0 Å². The molecule has 8 heteroatoms. The Balaban J connectivity index is 2.14. The van der Waals surface area contributed by atoms with Crippen molar-refractivity contribution in [2.45, 2.75) is 13.0 Å². The minimum Gasteiger partial charge on any atom is -0.322 e. The van der Waals surface area contributed by atoms with Crippen molar-refractivity contribution in [2.75, 3.05) is 19.4 Å². The van der Waals surface area contributed by atoms with E-state index in [4.69, 9.17) is 0 Å². The predicted molar refractivity (Wildman–Crippen MR) is 105 cm³/mol. The summed E-state index contributed by atoms with van der Waals surface area (Å²) in [6, 6.07) is 13.8. The molecule has 3 amide bonds. The molecule has 1 N–H and O–H groups in total. The van der Waals surface area contributed by atoms with Gasteiger partial charge in [0.2, 0.25) is 0 Å². The van der Waals surface area contributed by atoms with Gasteiger partial charge in [-0.1, -0.05) is 30.3 Å². The number of para-hydroxylation sites is 2. The van der Waals surface area contributed by atoms with Crippen molar-refractivity contribution in [1.29, 1.82) is 0 Å². The number of nitrogens with one attached hydrogen (secondary N) is 1. The van der Waals surface area contributed by atoms with Crippen LogP contribution in [0.25, 0.3) is 0 Å². The van der Waals surface area contributed by atoms with Gasteiger partial charge in [-0.05, 0) is 25.1 Å². The Labute approximate surface area is 162 Å². The molecule has 1 heterocycles. The summed E-state index contributed by atoms with van der Waals surface area (Å²) in [7, 11) is 3.10. The second kappa shape index (κ2) is 7.51. The van der Waals surface area contributed by atoms with Crippen LogP contribution in [0.5, 0.6) is 0 Å². The van der Waals surface area contributed by atoms with Crippen LogP contribution in [0.15, 0.2) is 65.9 Å².